The third kappa shape index (κ3) is 1.91. The predicted octanol–water partition coefficient (Wildman–Crippen LogP) is 0.222. The number of aliphatic hydroxyl groups is 2. The first-order chi connectivity index (χ1) is 7.77. The predicted molar refractivity (Wildman–Crippen MR) is 60.2 cm³/mol. The van der Waals surface area contributed by atoms with E-state index in [1.165, 1.54) is 0 Å². The molecule has 1 aromatic carbocycles. The van der Waals surface area contributed by atoms with Crippen LogP contribution in [-0.2, 0) is 6.42 Å². The van der Waals surface area contributed by atoms with Crippen molar-refractivity contribution in [2.45, 2.75) is 12.5 Å². The van der Waals surface area contributed by atoms with Crippen molar-refractivity contribution >= 4 is 0 Å². The molecule has 88 valence electrons. The van der Waals surface area contributed by atoms with E-state index in [9.17, 15) is 5.11 Å². The first-order valence-corrected chi connectivity index (χ1v) is 5.51. The number of hydrogen-bond donors (Lipinski definition) is 3. The molecule has 0 spiro atoms. The van der Waals surface area contributed by atoms with Crippen molar-refractivity contribution < 1.29 is 14.9 Å². The van der Waals surface area contributed by atoms with Gasteiger partial charge < -0.3 is 20.7 Å². The van der Waals surface area contributed by atoms with Gasteiger partial charge in [0.05, 0.1) is 12.7 Å². The maximum atomic E-state index is 10.1. The molecule has 0 saturated heterocycles. The second-order valence-electron chi connectivity index (χ2n) is 4.05. The van der Waals surface area contributed by atoms with Crippen molar-refractivity contribution in [3.63, 3.8) is 0 Å². The van der Waals surface area contributed by atoms with Crippen molar-refractivity contribution in [2.75, 3.05) is 19.8 Å². The molecule has 1 aliphatic rings. The van der Waals surface area contributed by atoms with E-state index in [1.54, 1.807) is 0 Å². The van der Waals surface area contributed by atoms with Crippen LogP contribution in [0.25, 0.3) is 0 Å². The zero-order chi connectivity index (χ0) is 11.5. The van der Waals surface area contributed by atoms with Gasteiger partial charge >= 0.3 is 0 Å². The van der Waals surface area contributed by atoms with Crippen LogP contribution in [0.1, 0.15) is 17.2 Å². The number of rotatable bonds is 4. The first kappa shape index (κ1) is 11.4. The van der Waals surface area contributed by atoms with E-state index in [1.807, 2.05) is 18.2 Å². The van der Waals surface area contributed by atoms with Crippen molar-refractivity contribution in [1.29, 1.82) is 0 Å². The monoisotopic (exact) mass is 223 g/mol. The van der Waals surface area contributed by atoms with Crippen molar-refractivity contribution in [2.24, 2.45) is 11.7 Å². The van der Waals surface area contributed by atoms with Crippen LogP contribution in [0, 0.1) is 5.92 Å². The third-order valence-electron chi connectivity index (χ3n) is 3.03. The van der Waals surface area contributed by atoms with Gasteiger partial charge in [0, 0.05) is 11.5 Å². The highest BCUT2D eigenvalue weighted by molar-refractivity contribution is 5.45. The Balaban J connectivity index is 2.27. The van der Waals surface area contributed by atoms with E-state index in [-0.39, 0.29) is 19.1 Å². The number of aliphatic hydroxyl groups excluding tert-OH is 2. The Kier molecular flexibility index (Phi) is 3.43. The summed E-state index contributed by atoms with van der Waals surface area (Å²) in [4.78, 5) is 0. The van der Waals surface area contributed by atoms with Gasteiger partial charge in [0.2, 0.25) is 0 Å². The van der Waals surface area contributed by atoms with E-state index < -0.39 is 6.10 Å². The number of fused-ring (bicyclic) bond motifs is 1. The van der Waals surface area contributed by atoms with E-state index >= 15 is 0 Å². The Hall–Kier alpha value is -1.10. The quantitative estimate of drug-likeness (QED) is 0.682. The molecule has 4 N–H and O–H groups in total. The minimum atomic E-state index is -0.546. The third-order valence-corrected chi connectivity index (χ3v) is 3.03. The van der Waals surface area contributed by atoms with Crippen LogP contribution in [0.2, 0.25) is 0 Å². The molecule has 2 atom stereocenters. The Morgan fingerprint density at radius 1 is 1.44 bits per heavy atom. The summed E-state index contributed by atoms with van der Waals surface area (Å²) in [5.41, 5.74) is 7.55. The molecule has 0 radical (unpaired) electrons. The van der Waals surface area contributed by atoms with Crippen LogP contribution in [-0.4, -0.2) is 30.0 Å². The van der Waals surface area contributed by atoms with Gasteiger partial charge in [-0.25, -0.2) is 0 Å². The zero-order valence-electron chi connectivity index (χ0n) is 9.10. The Labute approximate surface area is 94.7 Å². The van der Waals surface area contributed by atoms with Gasteiger partial charge in [-0.3, -0.25) is 0 Å². The topological polar surface area (TPSA) is 75.7 Å². The first-order valence-electron chi connectivity index (χ1n) is 5.51. The molecule has 0 bridgehead atoms. The highest BCUT2D eigenvalue weighted by atomic mass is 16.5. The minimum Gasteiger partial charge on any atom is -0.491 e. The summed E-state index contributed by atoms with van der Waals surface area (Å²) >= 11 is 0. The number of hydrogen-bond acceptors (Lipinski definition) is 4. The van der Waals surface area contributed by atoms with Crippen LogP contribution in [0.4, 0.5) is 0 Å². The average Bonchev–Trinajstić information content (AvgIpc) is 2.64. The molecular weight excluding hydrogens is 206 g/mol. The highest BCUT2D eigenvalue weighted by Crippen LogP contribution is 2.40. The van der Waals surface area contributed by atoms with Crippen molar-refractivity contribution in [3.8, 4) is 5.75 Å². The number of benzene rings is 1. The summed E-state index contributed by atoms with van der Waals surface area (Å²) in [5.74, 6) is 0.740. The largest absolute Gasteiger partial charge is 0.491 e. The Bertz CT molecular complexity index is 367. The normalized spacial score (nSPS) is 23.2. The van der Waals surface area contributed by atoms with Crippen LogP contribution in [0.5, 0.6) is 5.75 Å². The second kappa shape index (κ2) is 4.82. The fraction of sp³-hybridized carbons (Fsp3) is 0.500. The molecule has 0 amide bonds. The smallest absolute Gasteiger partial charge is 0.125 e. The van der Waals surface area contributed by atoms with Crippen LogP contribution < -0.4 is 10.5 Å². The minimum absolute atomic E-state index is 0.0277. The molecular formula is C12H17NO3. The van der Waals surface area contributed by atoms with Gasteiger partial charge in [-0.05, 0) is 24.6 Å². The number of ether oxygens (including phenoxy) is 1. The van der Waals surface area contributed by atoms with Gasteiger partial charge in [0.25, 0.3) is 0 Å². The molecule has 0 aromatic heterocycles. The standard InChI is InChI=1S/C12H17NO3/c13-7-9-6-8-2-1-3-10(16-5-4-14)11(8)12(9)15/h1-3,9,12,14-15H,4-7,13H2. The van der Waals surface area contributed by atoms with Gasteiger partial charge in [-0.1, -0.05) is 12.1 Å². The van der Waals surface area contributed by atoms with E-state index in [0.717, 1.165) is 17.5 Å². The van der Waals surface area contributed by atoms with E-state index in [4.69, 9.17) is 15.6 Å². The van der Waals surface area contributed by atoms with Crippen molar-refractivity contribution in [1.82, 2.24) is 0 Å². The maximum Gasteiger partial charge on any atom is 0.125 e. The fourth-order valence-corrected chi connectivity index (χ4v) is 2.23. The summed E-state index contributed by atoms with van der Waals surface area (Å²) in [7, 11) is 0. The van der Waals surface area contributed by atoms with Crippen LogP contribution in [0.3, 0.4) is 0 Å². The van der Waals surface area contributed by atoms with E-state index in [0.29, 0.717) is 12.3 Å². The van der Waals surface area contributed by atoms with Gasteiger partial charge in [-0.15, -0.1) is 0 Å². The van der Waals surface area contributed by atoms with Gasteiger partial charge in [-0.2, -0.15) is 0 Å². The lowest BCUT2D eigenvalue weighted by Gasteiger charge is -2.15. The lowest BCUT2D eigenvalue weighted by molar-refractivity contribution is 0.122. The Morgan fingerprint density at radius 3 is 2.94 bits per heavy atom. The molecule has 0 saturated carbocycles. The molecule has 1 aliphatic carbocycles. The lowest BCUT2D eigenvalue weighted by Crippen LogP contribution is -2.18. The second-order valence-corrected chi connectivity index (χ2v) is 4.05. The maximum absolute atomic E-state index is 10.1. The molecule has 16 heavy (non-hydrogen) atoms. The summed E-state index contributed by atoms with van der Waals surface area (Å²) in [6.07, 6.45) is 0.249. The summed E-state index contributed by atoms with van der Waals surface area (Å²) in [5, 5.41) is 18.8. The van der Waals surface area contributed by atoms with Crippen LogP contribution in [0.15, 0.2) is 18.2 Å². The molecule has 0 heterocycles. The average molecular weight is 223 g/mol. The molecule has 4 heteroatoms. The van der Waals surface area contributed by atoms with Gasteiger partial charge in [0.1, 0.15) is 12.4 Å². The summed E-state index contributed by atoms with van der Waals surface area (Å²) in [6.45, 7) is 0.686. The highest BCUT2D eigenvalue weighted by Gasteiger charge is 2.32. The molecule has 4 nitrogen and oxygen atoms in total. The molecule has 2 unspecified atom stereocenters. The summed E-state index contributed by atoms with van der Waals surface area (Å²) < 4.78 is 5.41. The molecule has 0 fully saturated rings. The number of nitrogens with two attached hydrogens (primary N) is 1. The molecule has 2 rings (SSSR count). The SMILES string of the molecule is NCC1Cc2cccc(OCCO)c2C1O. The molecule has 0 aliphatic heterocycles. The zero-order valence-corrected chi connectivity index (χ0v) is 9.10. The van der Waals surface area contributed by atoms with Crippen molar-refractivity contribution in [3.05, 3.63) is 29.3 Å². The fourth-order valence-electron chi connectivity index (χ4n) is 2.23. The Morgan fingerprint density at radius 2 is 2.25 bits per heavy atom. The summed E-state index contributed by atoms with van der Waals surface area (Å²) in [6, 6.07) is 5.70. The lowest BCUT2D eigenvalue weighted by atomic mass is 10.0. The van der Waals surface area contributed by atoms with Crippen LogP contribution >= 0.6 is 0 Å². The van der Waals surface area contributed by atoms with E-state index in [2.05, 4.69) is 0 Å². The molecule has 1 aromatic rings. The van der Waals surface area contributed by atoms with Gasteiger partial charge in [0.15, 0.2) is 0 Å².